The van der Waals surface area contributed by atoms with E-state index in [-0.39, 0.29) is 39.6 Å². The molecule has 3 aromatic rings. The van der Waals surface area contributed by atoms with Crippen LogP contribution in [0, 0.1) is 0 Å². The zero-order valence-corrected chi connectivity index (χ0v) is 13.5. The van der Waals surface area contributed by atoms with Crippen molar-refractivity contribution in [3.05, 3.63) is 69.2 Å². The van der Waals surface area contributed by atoms with Crippen LogP contribution in [0.2, 0.25) is 0 Å². The first-order chi connectivity index (χ1) is 11.0. The van der Waals surface area contributed by atoms with E-state index in [9.17, 15) is 14.4 Å². The van der Waals surface area contributed by atoms with Gasteiger partial charge in [-0.2, -0.15) is 0 Å². The Bertz CT molecular complexity index is 1050. The summed E-state index contributed by atoms with van der Waals surface area (Å²) in [5.74, 6) is -0.963. The summed E-state index contributed by atoms with van der Waals surface area (Å²) >= 11 is 3.41. The third-order valence-corrected chi connectivity index (χ3v) is 4.61. The van der Waals surface area contributed by atoms with Crippen LogP contribution in [0.3, 0.4) is 0 Å². The number of carbonyl (C=O) groups excluding carboxylic acids is 3. The number of hydrogen-bond donors (Lipinski definition) is 0. The molecule has 23 heavy (non-hydrogen) atoms. The van der Waals surface area contributed by atoms with Gasteiger partial charge in [-0.25, -0.2) is 0 Å². The third-order valence-electron chi connectivity index (χ3n) is 3.97. The maximum atomic E-state index is 12.9. The smallest absolute Gasteiger partial charge is 0.215 e. The molecule has 1 aliphatic carbocycles. The second kappa shape index (κ2) is 4.70. The average Bonchev–Trinajstić information content (AvgIpc) is 2.90. The van der Waals surface area contributed by atoms with Gasteiger partial charge < -0.3 is 4.40 Å². The molecule has 0 unspecified atom stereocenters. The van der Waals surface area contributed by atoms with Crippen molar-refractivity contribution in [2.45, 2.75) is 6.92 Å². The van der Waals surface area contributed by atoms with Crippen LogP contribution in [0.25, 0.3) is 5.52 Å². The van der Waals surface area contributed by atoms with Gasteiger partial charge in [-0.3, -0.25) is 19.4 Å². The predicted octanol–water partition coefficient (Wildman–Crippen LogP) is 3.07. The quantitative estimate of drug-likeness (QED) is 0.484. The molecule has 0 saturated heterocycles. The molecule has 0 N–H and O–H groups in total. The molecule has 5 nitrogen and oxygen atoms in total. The van der Waals surface area contributed by atoms with E-state index in [4.69, 9.17) is 0 Å². The van der Waals surface area contributed by atoms with E-state index < -0.39 is 5.78 Å². The lowest BCUT2D eigenvalue weighted by Crippen LogP contribution is -2.23. The van der Waals surface area contributed by atoms with E-state index in [2.05, 4.69) is 20.9 Å². The molecule has 1 aliphatic rings. The zero-order valence-electron chi connectivity index (χ0n) is 12.0. The van der Waals surface area contributed by atoms with Gasteiger partial charge in [-0.1, -0.05) is 0 Å². The highest BCUT2D eigenvalue weighted by Crippen LogP contribution is 2.35. The van der Waals surface area contributed by atoms with E-state index in [0.717, 1.165) is 0 Å². The number of pyridine rings is 2. The van der Waals surface area contributed by atoms with Crippen LogP contribution in [0.4, 0.5) is 0 Å². The number of aromatic nitrogens is 2. The Morgan fingerprint density at radius 1 is 1.17 bits per heavy atom. The molecule has 0 amide bonds. The molecule has 0 aliphatic heterocycles. The minimum absolute atomic E-state index is 0.0968. The highest BCUT2D eigenvalue weighted by molar-refractivity contribution is 9.10. The first kappa shape index (κ1) is 14.0. The number of Topliss-reactive ketones (excluding diaryl/α,β-unsaturated/α-hetero) is 1. The molecule has 0 aromatic carbocycles. The summed E-state index contributed by atoms with van der Waals surface area (Å²) in [6, 6.07) is 6.72. The van der Waals surface area contributed by atoms with Crippen LogP contribution in [0.1, 0.15) is 49.4 Å². The predicted molar refractivity (Wildman–Crippen MR) is 86.2 cm³/mol. The summed E-state index contributed by atoms with van der Waals surface area (Å²) in [6.45, 7) is 1.39. The van der Waals surface area contributed by atoms with E-state index >= 15 is 0 Å². The van der Waals surface area contributed by atoms with E-state index in [1.165, 1.54) is 13.1 Å². The average molecular weight is 369 g/mol. The second-order valence-electron chi connectivity index (χ2n) is 5.29. The van der Waals surface area contributed by atoms with Gasteiger partial charge in [-0.15, -0.1) is 0 Å². The molecular formula is C17H9BrN2O3. The first-order valence-corrected chi connectivity index (χ1v) is 7.69. The maximum absolute atomic E-state index is 12.9. The van der Waals surface area contributed by atoms with Gasteiger partial charge in [0, 0.05) is 16.9 Å². The molecule has 0 fully saturated rings. The Kier molecular flexibility index (Phi) is 2.86. The van der Waals surface area contributed by atoms with Crippen LogP contribution in [-0.2, 0) is 0 Å². The molecule has 6 heteroatoms. The second-order valence-corrected chi connectivity index (χ2v) is 6.14. The van der Waals surface area contributed by atoms with Gasteiger partial charge in [0.2, 0.25) is 11.6 Å². The van der Waals surface area contributed by atoms with Crippen molar-refractivity contribution in [3.8, 4) is 0 Å². The Morgan fingerprint density at radius 2 is 1.96 bits per heavy atom. The normalized spacial score (nSPS) is 13.1. The van der Waals surface area contributed by atoms with E-state index in [1.54, 1.807) is 34.9 Å². The molecule has 0 bridgehead atoms. The highest BCUT2D eigenvalue weighted by Gasteiger charge is 2.38. The van der Waals surface area contributed by atoms with Crippen LogP contribution in [0.5, 0.6) is 0 Å². The monoisotopic (exact) mass is 368 g/mol. The van der Waals surface area contributed by atoms with Gasteiger partial charge >= 0.3 is 0 Å². The van der Waals surface area contributed by atoms with Crippen LogP contribution in [-0.4, -0.2) is 26.7 Å². The van der Waals surface area contributed by atoms with Gasteiger partial charge in [0.15, 0.2) is 5.78 Å². The summed E-state index contributed by atoms with van der Waals surface area (Å²) in [6.07, 6.45) is 3.14. The molecule has 3 heterocycles. The Labute approximate surface area is 139 Å². The van der Waals surface area contributed by atoms with Crippen molar-refractivity contribution in [2.75, 3.05) is 0 Å². The fourth-order valence-electron chi connectivity index (χ4n) is 3.07. The maximum Gasteiger partial charge on any atom is 0.215 e. The minimum atomic E-state index is -0.393. The minimum Gasteiger partial charge on any atom is -0.311 e. The molecule has 112 valence electrons. The molecule has 0 saturated carbocycles. The Hall–Kier alpha value is -2.60. The SMILES string of the molecule is CC(=O)c1c2c(n3cccc(Br)c13)C(=O)c1cccnc1C2=O. The number of hydrogen-bond acceptors (Lipinski definition) is 4. The summed E-state index contributed by atoms with van der Waals surface area (Å²) < 4.78 is 2.25. The van der Waals surface area contributed by atoms with E-state index in [1.807, 2.05) is 0 Å². The van der Waals surface area contributed by atoms with Crippen molar-refractivity contribution < 1.29 is 14.4 Å². The van der Waals surface area contributed by atoms with Crippen molar-refractivity contribution in [3.63, 3.8) is 0 Å². The van der Waals surface area contributed by atoms with Crippen molar-refractivity contribution in [1.82, 2.24) is 9.38 Å². The van der Waals surface area contributed by atoms with Crippen molar-refractivity contribution >= 4 is 38.8 Å². The largest absolute Gasteiger partial charge is 0.311 e. The van der Waals surface area contributed by atoms with Crippen molar-refractivity contribution in [2.24, 2.45) is 0 Å². The number of rotatable bonds is 1. The van der Waals surface area contributed by atoms with Gasteiger partial charge in [0.1, 0.15) is 11.4 Å². The molecule has 0 radical (unpaired) electrons. The lowest BCUT2D eigenvalue weighted by Gasteiger charge is -2.14. The van der Waals surface area contributed by atoms with Crippen molar-refractivity contribution in [1.29, 1.82) is 0 Å². The summed E-state index contributed by atoms with van der Waals surface area (Å²) in [5.41, 5.74) is 1.50. The first-order valence-electron chi connectivity index (χ1n) is 6.90. The summed E-state index contributed by atoms with van der Waals surface area (Å²) in [5, 5.41) is 0. The number of ketones is 3. The fraction of sp³-hybridized carbons (Fsp3) is 0.0588. The lowest BCUT2D eigenvalue weighted by atomic mass is 9.89. The molecule has 3 aromatic heterocycles. The number of nitrogens with zero attached hydrogens (tertiary/aromatic N) is 2. The summed E-state index contributed by atoms with van der Waals surface area (Å²) in [7, 11) is 0. The van der Waals surface area contributed by atoms with E-state index in [0.29, 0.717) is 9.99 Å². The zero-order chi connectivity index (χ0) is 16.3. The molecule has 4 rings (SSSR count). The van der Waals surface area contributed by atoms with Gasteiger partial charge in [-0.05, 0) is 47.1 Å². The molecule has 0 atom stereocenters. The van der Waals surface area contributed by atoms with Crippen LogP contribution in [0.15, 0.2) is 41.1 Å². The Balaban J connectivity index is 2.23. The molecular weight excluding hydrogens is 360 g/mol. The topological polar surface area (TPSA) is 68.5 Å². The lowest BCUT2D eigenvalue weighted by molar-refractivity contribution is 0.0964. The van der Waals surface area contributed by atoms with Gasteiger partial charge in [0.05, 0.1) is 22.2 Å². The van der Waals surface area contributed by atoms with Crippen LogP contribution < -0.4 is 0 Å². The Morgan fingerprint density at radius 3 is 2.70 bits per heavy atom. The van der Waals surface area contributed by atoms with Crippen LogP contribution >= 0.6 is 15.9 Å². The van der Waals surface area contributed by atoms with Gasteiger partial charge in [0.25, 0.3) is 0 Å². The number of carbonyl (C=O) groups is 3. The number of halogens is 1. The molecule has 0 spiro atoms. The standard InChI is InChI=1S/C17H9BrN2O3/c1-8(21)11-12-15(20-7-3-5-10(18)14(11)20)16(22)9-4-2-6-19-13(9)17(12)23/h2-7H,1H3. The highest BCUT2D eigenvalue weighted by atomic mass is 79.9. The third kappa shape index (κ3) is 1.72. The number of fused-ring (bicyclic) bond motifs is 4. The summed E-state index contributed by atoms with van der Waals surface area (Å²) in [4.78, 5) is 42.0. The fourth-order valence-corrected chi connectivity index (χ4v) is 3.61.